The van der Waals surface area contributed by atoms with Crippen molar-refractivity contribution in [2.75, 3.05) is 0 Å². The van der Waals surface area contributed by atoms with Crippen molar-refractivity contribution in [1.29, 1.82) is 0 Å². The van der Waals surface area contributed by atoms with E-state index in [-0.39, 0.29) is 39.9 Å². The van der Waals surface area contributed by atoms with Crippen molar-refractivity contribution in [3.05, 3.63) is 0 Å². The van der Waals surface area contributed by atoms with Gasteiger partial charge in [0.05, 0.1) is 0 Å². The van der Waals surface area contributed by atoms with Crippen LogP contribution in [0.25, 0.3) is 0 Å². The molecule has 13 heavy (non-hydrogen) atoms. The van der Waals surface area contributed by atoms with Crippen molar-refractivity contribution in [3.63, 3.8) is 0 Å². The molecule has 86 valence electrons. The maximum Gasteiger partial charge on any atom is 0.216 e. The fourth-order valence-corrected chi connectivity index (χ4v) is 0. The molecule has 0 N–H and O–H groups in total. The number of hydrogen-bond donors (Lipinski definition) is 0. The first-order valence-corrected chi connectivity index (χ1v) is 7.22. The molecule has 0 aliphatic rings. The Morgan fingerprint density at radius 2 is 0.385 bits per heavy atom. The summed E-state index contributed by atoms with van der Waals surface area (Å²) in [7, 11) is 0. The van der Waals surface area contributed by atoms with Gasteiger partial charge >= 0.3 is 0 Å². The van der Waals surface area contributed by atoms with Crippen LogP contribution in [0.4, 0.5) is 0 Å². The van der Waals surface area contributed by atoms with Gasteiger partial charge in [0, 0.05) is 39.9 Å². The summed E-state index contributed by atoms with van der Waals surface area (Å²) < 4.78 is 76.7. The SMILES string of the molecule is [Gd].[O-][Br+2]([O-])[O-].[O-][Br+2]([O-])[O-].[O-][Br+2]([O-])[O-]. The Bertz CT molecular complexity index is 43.4. The van der Waals surface area contributed by atoms with Crippen LogP contribution < -0.4 is 37.8 Å². The van der Waals surface area contributed by atoms with E-state index in [4.69, 9.17) is 37.8 Å². The predicted molar refractivity (Wildman–Crippen MR) is 0 cm³/mol. The first kappa shape index (κ1) is 24.6. The van der Waals surface area contributed by atoms with Gasteiger partial charge in [-0.25, -0.2) is 0 Å². The van der Waals surface area contributed by atoms with Gasteiger partial charge in [0.2, 0.25) is 44.4 Å². The van der Waals surface area contributed by atoms with Gasteiger partial charge in [-0.05, 0) is 0 Å². The minimum absolute atomic E-state index is 0. The maximum atomic E-state index is 8.52. The van der Waals surface area contributed by atoms with E-state index in [2.05, 4.69) is 0 Å². The van der Waals surface area contributed by atoms with Crippen molar-refractivity contribution in [2.45, 2.75) is 0 Å². The molecule has 0 fully saturated rings. The largest absolute Gasteiger partial charge is 0.405 e. The second kappa shape index (κ2) is 19.9. The van der Waals surface area contributed by atoms with E-state index in [0.717, 1.165) is 0 Å². The monoisotopic (exact) mass is 539 g/mol. The zero-order valence-corrected chi connectivity index (χ0v) is 12.2. The topological polar surface area (TPSA) is 208 Å². The summed E-state index contributed by atoms with van der Waals surface area (Å²) in [5, 5.41) is 0. The molecule has 0 aliphatic carbocycles. The van der Waals surface area contributed by atoms with Crippen LogP contribution >= 0.6 is 0 Å². The molecule has 0 aromatic carbocycles. The molecule has 0 unspecified atom stereocenters. The Hall–Kier alpha value is 2.40. The minimum Gasteiger partial charge on any atom is -0.405 e. The van der Waals surface area contributed by atoms with Crippen molar-refractivity contribution in [2.24, 2.45) is 0 Å². The second-order valence-electron chi connectivity index (χ2n) is 0.567. The van der Waals surface area contributed by atoms with Crippen LogP contribution in [0.2, 0.25) is 0 Å². The van der Waals surface area contributed by atoms with Gasteiger partial charge < -0.3 is 37.8 Å². The third kappa shape index (κ3) is 383. The van der Waals surface area contributed by atoms with Gasteiger partial charge in [0.25, 0.3) is 0 Å². The van der Waals surface area contributed by atoms with Crippen LogP contribution in [0, 0.1) is 84.4 Å². The summed E-state index contributed by atoms with van der Waals surface area (Å²) in [6.45, 7) is 0. The molecule has 0 aromatic heterocycles. The first-order chi connectivity index (χ1) is 5.20. The molecule has 0 atom stereocenters. The third-order valence-electron chi connectivity index (χ3n) is 0. The average molecular weight is 541 g/mol. The van der Waals surface area contributed by atoms with E-state index in [1.165, 1.54) is 0 Å². The molecule has 0 rings (SSSR count). The number of hydrogen-bond acceptors (Lipinski definition) is 9. The molecule has 0 amide bonds. The molecule has 0 bridgehead atoms. The van der Waals surface area contributed by atoms with Crippen LogP contribution in [0.3, 0.4) is 0 Å². The van der Waals surface area contributed by atoms with Gasteiger partial charge in [-0.15, -0.1) is 0 Å². The van der Waals surface area contributed by atoms with Crippen molar-refractivity contribution < 1.29 is 122 Å². The summed E-state index contributed by atoms with van der Waals surface area (Å²) >= 11 is -10.9. The van der Waals surface area contributed by atoms with Gasteiger partial charge in [-0.2, -0.15) is 0 Å². The summed E-state index contributed by atoms with van der Waals surface area (Å²) in [5.41, 5.74) is 0. The fraction of sp³-hybridized carbons (Fsp3) is 0. The molecule has 0 spiro atoms. The van der Waals surface area contributed by atoms with Gasteiger partial charge in [0.1, 0.15) is 0 Å². The summed E-state index contributed by atoms with van der Waals surface area (Å²) in [4.78, 5) is 0. The van der Waals surface area contributed by atoms with E-state index in [1.807, 2.05) is 0 Å². The first-order valence-electron chi connectivity index (χ1n) is 1.39. The summed E-state index contributed by atoms with van der Waals surface area (Å²) in [5.74, 6) is 0. The van der Waals surface area contributed by atoms with Gasteiger partial charge in [-0.1, -0.05) is 0 Å². The van der Waals surface area contributed by atoms with Crippen LogP contribution in [0.1, 0.15) is 0 Å². The molecule has 0 saturated heterocycles. The molecule has 0 heterocycles. The van der Waals surface area contributed by atoms with Crippen molar-refractivity contribution in [3.8, 4) is 0 Å². The molecule has 13 heteroatoms. The molecule has 0 aromatic rings. The van der Waals surface area contributed by atoms with E-state index < -0.39 is 44.4 Å². The summed E-state index contributed by atoms with van der Waals surface area (Å²) in [6.07, 6.45) is 0. The van der Waals surface area contributed by atoms with Crippen molar-refractivity contribution >= 4 is 0 Å². The molecular weight excluding hydrogens is 541 g/mol. The summed E-state index contributed by atoms with van der Waals surface area (Å²) in [6, 6.07) is 0. The van der Waals surface area contributed by atoms with Gasteiger partial charge in [-0.3, -0.25) is 0 Å². The Morgan fingerprint density at radius 1 is 0.385 bits per heavy atom. The molecule has 0 radical (unpaired) electrons. The average Bonchev–Trinajstić information content (AvgIpc) is 1.54. The standard InChI is InChI=1S/3BrO3.Gd/c3*2-1(3)4;/q3*-1;. The van der Waals surface area contributed by atoms with Crippen LogP contribution in [0.15, 0.2) is 0 Å². The molecular formula is Br3GdO9-3. The van der Waals surface area contributed by atoms with E-state index in [9.17, 15) is 0 Å². The third-order valence-corrected chi connectivity index (χ3v) is 0. The zero-order valence-electron chi connectivity index (χ0n) is 5.16. The Balaban J connectivity index is -0.0000000450. The smallest absolute Gasteiger partial charge is 0.216 e. The second-order valence-corrected chi connectivity index (χ2v) is 2.95. The van der Waals surface area contributed by atoms with Crippen LogP contribution in [-0.2, 0) is 0 Å². The zero-order chi connectivity index (χ0) is 10.7. The molecule has 0 saturated carbocycles. The quantitative estimate of drug-likeness (QED) is 0.285. The van der Waals surface area contributed by atoms with Gasteiger partial charge in [0.15, 0.2) is 0 Å². The Morgan fingerprint density at radius 3 is 0.385 bits per heavy atom. The number of halogens is 3. The van der Waals surface area contributed by atoms with E-state index in [1.54, 1.807) is 0 Å². The Kier molecular flexibility index (Phi) is 37.6. The predicted octanol–water partition coefficient (Wildman–Crippen LogP) is -10.7. The molecule has 9 nitrogen and oxygen atoms in total. The fourth-order valence-electron chi connectivity index (χ4n) is 0. The molecule has 0 aliphatic heterocycles. The van der Waals surface area contributed by atoms with E-state index in [0.29, 0.717) is 0 Å². The van der Waals surface area contributed by atoms with Crippen LogP contribution in [-0.4, -0.2) is 0 Å². The number of rotatable bonds is 0. The maximum absolute atomic E-state index is 8.52. The van der Waals surface area contributed by atoms with Crippen LogP contribution in [0.5, 0.6) is 0 Å². The van der Waals surface area contributed by atoms with E-state index >= 15 is 0 Å². The normalized spacial score (nSPS) is 8.31. The minimum atomic E-state index is -3.65. The Labute approximate surface area is 120 Å². The van der Waals surface area contributed by atoms with Crippen molar-refractivity contribution in [1.82, 2.24) is 0 Å².